The molecule has 20 heavy (non-hydrogen) atoms. The van der Waals surface area contributed by atoms with E-state index in [1.165, 1.54) is 17.7 Å². The monoisotopic (exact) mass is 271 g/mol. The van der Waals surface area contributed by atoms with Crippen LogP contribution in [0.4, 0.5) is 0 Å². The lowest BCUT2D eigenvalue weighted by Gasteiger charge is -2.14. The molecule has 1 aromatic carbocycles. The molecule has 0 aliphatic heterocycles. The number of carbonyl (C=O) groups is 1. The van der Waals surface area contributed by atoms with E-state index in [1.807, 2.05) is 19.1 Å². The summed E-state index contributed by atoms with van der Waals surface area (Å²) in [4.78, 5) is 22.9. The minimum atomic E-state index is -0.329. The van der Waals surface area contributed by atoms with Gasteiger partial charge in [0.05, 0.1) is 6.04 Å². The first-order valence-electron chi connectivity index (χ1n) is 6.55. The van der Waals surface area contributed by atoms with Crippen LogP contribution in [-0.2, 0) is 6.42 Å². The minimum absolute atomic E-state index is 0.123. The molecule has 0 aliphatic carbocycles. The summed E-state index contributed by atoms with van der Waals surface area (Å²) in [5, 5.41) is 8.79. The van der Waals surface area contributed by atoms with E-state index in [-0.39, 0.29) is 23.2 Å². The van der Waals surface area contributed by atoms with Gasteiger partial charge in [0.15, 0.2) is 0 Å². The highest BCUT2D eigenvalue weighted by atomic mass is 16.2. The van der Waals surface area contributed by atoms with Crippen molar-refractivity contribution in [3.63, 3.8) is 0 Å². The zero-order chi connectivity index (χ0) is 14.5. The number of rotatable bonds is 4. The number of carbonyl (C=O) groups excluding carboxylic acids is 1. The summed E-state index contributed by atoms with van der Waals surface area (Å²) >= 11 is 0. The van der Waals surface area contributed by atoms with Crippen LogP contribution in [0.3, 0.4) is 0 Å². The normalized spacial score (nSPS) is 11.9. The Morgan fingerprint density at radius 3 is 2.50 bits per heavy atom. The highest BCUT2D eigenvalue weighted by molar-refractivity contribution is 5.92. The zero-order valence-electron chi connectivity index (χ0n) is 11.5. The van der Waals surface area contributed by atoms with E-state index in [4.69, 9.17) is 0 Å². The maximum absolute atomic E-state index is 12.0. The van der Waals surface area contributed by atoms with Crippen LogP contribution in [0.1, 0.15) is 41.5 Å². The predicted molar refractivity (Wildman–Crippen MR) is 76.6 cm³/mol. The number of amides is 1. The van der Waals surface area contributed by atoms with E-state index in [0.717, 1.165) is 12.0 Å². The molecular formula is C15H17N3O2. The van der Waals surface area contributed by atoms with E-state index in [0.29, 0.717) is 0 Å². The fraction of sp³-hybridized carbons (Fsp3) is 0.267. The van der Waals surface area contributed by atoms with Crippen LogP contribution in [0.5, 0.6) is 0 Å². The fourth-order valence-electron chi connectivity index (χ4n) is 1.87. The van der Waals surface area contributed by atoms with Gasteiger partial charge in [-0.25, -0.2) is 5.10 Å². The van der Waals surface area contributed by atoms with Gasteiger partial charge in [-0.2, -0.15) is 5.10 Å². The summed E-state index contributed by atoms with van der Waals surface area (Å²) in [6, 6.07) is 10.7. The first-order chi connectivity index (χ1) is 9.60. The Morgan fingerprint density at radius 1 is 1.25 bits per heavy atom. The number of aromatic amines is 1. The third-order valence-electron chi connectivity index (χ3n) is 3.15. The van der Waals surface area contributed by atoms with Gasteiger partial charge in [0, 0.05) is 6.07 Å². The van der Waals surface area contributed by atoms with E-state index >= 15 is 0 Å². The first-order valence-corrected chi connectivity index (χ1v) is 6.55. The standard InChI is InChI=1S/C15H17N3O2/c1-3-11-4-6-12(7-5-11)10(2)16-15(20)13-8-9-14(19)18-17-13/h4-10H,3H2,1-2H3,(H,16,20)(H,18,19)/t10-/m1/s1. The second-order valence-electron chi connectivity index (χ2n) is 4.60. The smallest absolute Gasteiger partial charge is 0.272 e. The van der Waals surface area contributed by atoms with Crippen molar-refractivity contribution in [1.82, 2.24) is 15.5 Å². The molecule has 104 valence electrons. The Hall–Kier alpha value is -2.43. The molecule has 2 N–H and O–H groups in total. The SMILES string of the molecule is CCc1ccc([C@@H](C)NC(=O)c2ccc(=O)[nH]n2)cc1. The Morgan fingerprint density at radius 2 is 1.95 bits per heavy atom. The van der Waals surface area contributed by atoms with Gasteiger partial charge in [-0.15, -0.1) is 0 Å². The molecule has 1 aromatic heterocycles. The maximum atomic E-state index is 12.0. The summed E-state index contributed by atoms with van der Waals surface area (Å²) in [6.07, 6.45) is 0.988. The van der Waals surface area contributed by atoms with Crippen LogP contribution >= 0.6 is 0 Å². The van der Waals surface area contributed by atoms with Crippen molar-refractivity contribution in [3.8, 4) is 0 Å². The van der Waals surface area contributed by atoms with Crippen molar-refractivity contribution in [2.24, 2.45) is 0 Å². The summed E-state index contributed by atoms with van der Waals surface area (Å²) in [7, 11) is 0. The molecule has 2 aromatic rings. The zero-order valence-corrected chi connectivity index (χ0v) is 11.5. The van der Waals surface area contributed by atoms with Crippen molar-refractivity contribution in [1.29, 1.82) is 0 Å². The highest BCUT2D eigenvalue weighted by Crippen LogP contribution is 2.14. The topological polar surface area (TPSA) is 74.8 Å². The number of benzene rings is 1. The molecule has 0 fully saturated rings. The Balaban J connectivity index is 2.06. The van der Waals surface area contributed by atoms with Gasteiger partial charge in [-0.3, -0.25) is 9.59 Å². The average molecular weight is 271 g/mol. The van der Waals surface area contributed by atoms with Gasteiger partial charge in [-0.05, 0) is 30.5 Å². The molecule has 1 amide bonds. The quantitative estimate of drug-likeness (QED) is 0.890. The summed E-state index contributed by atoms with van der Waals surface area (Å²) in [5.74, 6) is -0.312. The molecule has 5 nitrogen and oxygen atoms in total. The second-order valence-corrected chi connectivity index (χ2v) is 4.60. The molecule has 2 rings (SSSR count). The van der Waals surface area contributed by atoms with Gasteiger partial charge >= 0.3 is 0 Å². The molecule has 0 saturated heterocycles. The average Bonchev–Trinajstić information content (AvgIpc) is 2.48. The number of aryl methyl sites for hydroxylation is 1. The van der Waals surface area contributed by atoms with Crippen molar-refractivity contribution in [3.05, 3.63) is 63.6 Å². The number of hydrogen-bond donors (Lipinski definition) is 2. The summed E-state index contributed by atoms with van der Waals surface area (Å²) in [5.41, 5.74) is 2.15. The van der Waals surface area contributed by atoms with Crippen LogP contribution in [0.2, 0.25) is 0 Å². The van der Waals surface area contributed by atoms with Gasteiger partial charge < -0.3 is 5.32 Å². The van der Waals surface area contributed by atoms with Crippen LogP contribution < -0.4 is 10.9 Å². The lowest BCUT2D eigenvalue weighted by Crippen LogP contribution is -2.28. The van der Waals surface area contributed by atoms with Crippen molar-refractivity contribution in [2.75, 3.05) is 0 Å². The second kappa shape index (κ2) is 6.14. The minimum Gasteiger partial charge on any atom is -0.344 e. The van der Waals surface area contributed by atoms with Crippen LogP contribution in [0, 0.1) is 0 Å². The Bertz CT molecular complexity index is 626. The predicted octanol–water partition coefficient (Wildman–Crippen LogP) is 1.82. The maximum Gasteiger partial charge on any atom is 0.272 e. The number of hydrogen-bond acceptors (Lipinski definition) is 3. The summed E-state index contributed by atoms with van der Waals surface area (Å²) < 4.78 is 0. The molecular weight excluding hydrogens is 254 g/mol. The van der Waals surface area contributed by atoms with E-state index in [2.05, 4.69) is 34.6 Å². The van der Waals surface area contributed by atoms with Crippen LogP contribution in [0.15, 0.2) is 41.2 Å². The van der Waals surface area contributed by atoms with Gasteiger partial charge in [0.1, 0.15) is 5.69 Å². The first kappa shape index (κ1) is 14.0. The molecule has 0 bridgehead atoms. The molecule has 1 atom stereocenters. The molecule has 0 unspecified atom stereocenters. The van der Waals surface area contributed by atoms with Crippen LogP contribution in [-0.4, -0.2) is 16.1 Å². The van der Waals surface area contributed by atoms with Gasteiger partial charge in [0.25, 0.3) is 11.5 Å². The number of nitrogens with zero attached hydrogens (tertiary/aromatic N) is 1. The molecule has 0 radical (unpaired) electrons. The molecule has 0 spiro atoms. The molecule has 5 heteroatoms. The summed E-state index contributed by atoms with van der Waals surface area (Å²) in [6.45, 7) is 4.01. The third kappa shape index (κ3) is 3.32. The van der Waals surface area contributed by atoms with Gasteiger partial charge in [0.2, 0.25) is 0 Å². The molecule has 0 aliphatic rings. The number of H-pyrrole nitrogens is 1. The molecule has 1 heterocycles. The number of aromatic nitrogens is 2. The molecule has 0 saturated carbocycles. The van der Waals surface area contributed by atoms with Crippen molar-refractivity contribution < 1.29 is 4.79 Å². The van der Waals surface area contributed by atoms with E-state index < -0.39 is 0 Å². The highest BCUT2D eigenvalue weighted by Gasteiger charge is 2.12. The van der Waals surface area contributed by atoms with Crippen molar-refractivity contribution in [2.45, 2.75) is 26.3 Å². The van der Waals surface area contributed by atoms with Crippen molar-refractivity contribution >= 4 is 5.91 Å². The number of nitrogens with one attached hydrogen (secondary N) is 2. The van der Waals surface area contributed by atoms with E-state index in [1.54, 1.807) is 0 Å². The van der Waals surface area contributed by atoms with Gasteiger partial charge in [-0.1, -0.05) is 31.2 Å². The van der Waals surface area contributed by atoms with E-state index in [9.17, 15) is 9.59 Å². The third-order valence-corrected chi connectivity index (χ3v) is 3.15. The Kier molecular flexibility index (Phi) is 4.30. The van der Waals surface area contributed by atoms with Crippen LogP contribution in [0.25, 0.3) is 0 Å². The Labute approximate surface area is 117 Å². The largest absolute Gasteiger partial charge is 0.344 e. The fourth-order valence-corrected chi connectivity index (χ4v) is 1.87. The lowest BCUT2D eigenvalue weighted by molar-refractivity contribution is 0.0933. The lowest BCUT2D eigenvalue weighted by atomic mass is 10.0.